The molecule has 2 rings (SSSR count). The van der Waals surface area contributed by atoms with Crippen LogP contribution in [0.2, 0.25) is 0 Å². The van der Waals surface area contributed by atoms with Gasteiger partial charge in [0.05, 0.1) is 5.69 Å². The highest BCUT2D eigenvalue weighted by Crippen LogP contribution is 2.25. The van der Waals surface area contributed by atoms with Gasteiger partial charge >= 0.3 is 6.09 Å². The molecule has 0 aliphatic carbocycles. The lowest BCUT2D eigenvalue weighted by Crippen LogP contribution is -2.50. The average Bonchev–Trinajstić information content (AvgIpc) is 2.52. The normalized spacial score (nSPS) is 15.1. The van der Waals surface area contributed by atoms with Crippen LogP contribution in [-0.2, 0) is 9.53 Å². The number of anilines is 2. The Labute approximate surface area is 160 Å². The van der Waals surface area contributed by atoms with Gasteiger partial charge in [0.25, 0.3) is 0 Å². The molecule has 27 heavy (non-hydrogen) atoms. The first-order chi connectivity index (χ1) is 12.5. The minimum Gasteiger partial charge on any atom is -0.444 e. The van der Waals surface area contributed by atoms with E-state index in [0.29, 0.717) is 44.0 Å². The van der Waals surface area contributed by atoms with E-state index in [-0.39, 0.29) is 23.7 Å². The van der Waals surface area contributed by atoms with Gasteiger partial charge in [-0.2, -0.15) is 0 Å². The second kappa shape index (κ2) is 8.59. The number of ether oxygens (including phenoxy) is 1. The van der Waals surface area contributed by atoms with Crippen molar-refractivity contribution in [2.24, 2.45) is 5.92 Å². The molecule has 7 heteroatoms. The maximum absolute atomic E-state index is 14.5. The standard InChI is InChI=1S/C20H30FN3O3/c1-14(2)12-18(25)22-15-6-7-17(16(21)13-15)23-8-10-24(11-9-23)19(26)27-20(3,4)5/h6-7,13-14H,8-12H2,1-5H3,(H,22,25). The smallest absolute Gasteiger partial charge is 0.410 e. The Bertz CT molecular complexity index is 678. The van der Waals surface area contributed by atoms with E-state index in [1.807, 2.05) is 39.5 Å². The van der Waals surface area contributed by atoms with Crippen LogP contribution in [-0.4, -0.2) is 48.7 Å². The molecule has 1 fully saturated rings. The zero-order valence-electron chi connectivity index (χ0n) is 16.8. The van der Waals surface area contributed by atoms with Crippen LogP contribution in [0.25, 0.3) is 0 Å². The number of piperazine rings is 1. The second-order valence-corrected chi connectivity index (χ2v) is 8.27. The summed E-state index contributed by atoms with van der Waals surface area (Å²) in [4.78, 5) is 27.5. The molecular formula is C20H30FN3O3. The molecule has 2 amide bonds. The van der Waals surface area contributed by atoms with Gasteiger partial charge in [0, 0.05) is 38.3 Å². The predicted molar refractivity (Wildman–Crippen MR) is 105 cm³/mol. The van der Waals surface area contributed by atoms with E-state index in [0.717, 1.165) is 0 Å². The Balaban J connectivity index is 1.94. The Hall–Kier alpha value is -2.31. The van der Waals surface area contributed by atoms with Crippen molar-refractivity contribution in [3.8, 4) is 0 Å². The summed E-state index contributed by atoms with van der Waals surface area (Å²) in [5.74, 6) is -0.262. The number of nitrogens with one attached hydrogen (secondary N) is 1. The van der Waals surface area contributed by atoms with Crippen molar-refractivity contribution in [3.05, 3.63) is 24.0 Å². The van der Waals surface area contributed by atoms with Crippen molar-refractivity contribution in [2.45, 2.75) is 46.6 Å². The third-order valence-electron chi connectivity index (χ3n) is 4.10. The molecule has 0 spiro atoms. The van der Waals surface area contributed by atoms with Crippen LogP contribution in [0, 0.1) is 11.7 Å². The van der Waals surface area contributed by atoms with Gasteiger partial charge in [0.2, 0.25) is 5.91 Å². The molecule has 1 heterocycles. The maximum atomic E-state index is 14.5. The number of amides is 2. The Morgan fingerprint density at radius 2 is 1.81 bits per heavy atom. The number of carbonyl (C=O) groups is 2. The first-order valence-electron chi connectivity index (χ1n) is 9.37. The van der Waals surface area contributed by atoms with E-state index in [9.17, 15) is 14.0 Å². The SMILES string of the molecule is CC(C)CC(=O)Nc1ccc(N2CCN(C(=O)OC(C)(C)C)CC2)c(F)c1. The van der Waals surface area contributed by atoms with Crippen molar-refractivity contribution in [2.75, 3.05) is 36.4 Å². The van der Waals surface area contributed by atoms with Crippen molar-refractivity contribution in [1.82, 2.24) is 4.90 Å². The Morgan fingerprint density at radius 1 is 1.19 bits per heavy atom. The van der Waals surface area contributed by atoms with E-state index in [2.05, 4.69) is 5.32 Å². The zero-order chi connectivity index (χ0) is 20.2. The molecule has 0 aromatic heterocycles. The van der Waals surface area contributed by atoms with Gasteiger partial charge in [0.15, 0.2) is 0 Å². The first-order valence-corrected chi connectivity index (χ1v) is 9.37. The molecule has 1 aromatic rings. The quantitative estimate of drug-likeness (QED) is 0.863. The fourth-order valence-electron chi connectivity index (χ4n) is 2.88. The number of hydrogen-bond acceptors (Lipinski definition) is 4. The van der Waals surface area contributed by atoms with Crippen molar-refractivity contribution in [3.63, 3.8) is 0 Å². The summed E-state index contributed by atoms with van der Waals surface area (Å²) in [6.45, 7) is 11.4. The Kier molecular flexibility index (Phi) is 6.68. The second-order valence-electron chi connectivity index (χ2n) is 8.27. The van der Waals surface area contributed by atoms with E-state index < -0.39 is 5.60 Å². The van der Waals surface area contributed by atoms with Gasteiger partial charge in [-0.15, -0.1) is 0 Å². The van der Waals surface area contributed by atoms with Gasteiger partial charge in [-0.05, 0) is 44.9 Å². The predicted octanol–water partition coefficient (Wildman–Crippen LogP) is 3.87. The molecule has 6 nitrogen and oxygen atoms in total. The number of benzene rings is 1. The molecule has 0 bridgehead atoms. The maximum Gasteiger partial charge on any atom is 0.410 e. The van der Waals surface area contributed by atoms with Gasteiger partial charge < -0.3 is 19.9 Å². The highest BCUT2D eigenvalue weighted by molar-refractivity contribution is 5.91. The molecule has 0 atom stereocenters. The largest absolute Gasteiger partial charge is 0.444 e. The number of nitrogens with zero attached hydrogens (tertiary/aromatic N) is 2. The highest BCUT2D eigenvalue weighted by Gasteiger charge is 2.26. The lowest BCUT2D eigenvalue weighted by atomic mass is 10.1. The van der Waals surface area contributed by atoms with Crippen LogP contribution in [0.1, 0.15) is 41.0 Å². The zero-order valence-corrected chi connectivity index (χ0v) is 16.8. The molecule has 1 aliphatic heterocycles. The van der Waals surface area contributed by atoms with Crippen LogP contribution in [0.3, 0.4) is 0 Å². The van der Waals surface area contributed by atoms with Crippen LogP contribution >= 0.6 is 0 Å². The van der Waals surface area contributed by atoms with E-state index in [4.69, 9.17) is 4.74 Å². The van der Waals surface area contributed by atoms with E-state index in [1.165, 1.54) is 6.07 Å². The molecule has 150 valence electrons. The van der Waals surface area contributed by atoms with Crippen LogP contribution in [0.15, 0.2) is 18.2 Å². The topological polar surface area (TPSA) is 61.9 Å². The summed E-state index contributed by atoms with van der Waals surface area (Å²) in [5, 5.41) is 2.72. The summed E-state index contributed by atoms with van der Waals surface area (Å²) in [6.07, 6.45) is 0.0570. The minimum atomic E-state index is -0.532. The lowest BCUT2D eigenvalue weighted by Gasteiger charge is -2.36. The van der Waals surface area contributed by atoms with Gasteiger partial charge in [-0.1, -0.05) is 13.8 Å². The first kappa shape index (κ1) is 21.0. The number of carbonyl (C=O) groups excluding carboxylic acids is 2. The lowest BCUT2D eigenvalue weighted by molar-refractivity contribution is -0.116. The van der Waals surface area contributed by atoms with Crippen molar-refractivity contribution in [1.29, 1.82) is 0 Å². The summed E-state index contributed by atoms with van der Waals surface area (Å²) in [6, 6.07) is 4.72. The summed E-state index contributed by atoms with van der Waals surface area (Å²) in [7, 11) is 0. The number of rotatable bonds is 4. The highest BCUT2D eigenvalue weighted by atomic mass is 19.1. The van der Waals surface area contributed by atoms with Crippen molar-refractivity contribution >= 4 is 23.4 Å². The molecule has 1 aromatic carbocycles. The van der Waals surface area contributed by atoms with E-state index >= 15 is 0 Å². The molecule has 1 saturated heterocycles. The average molecular weight is 379 g/mol. The summed E-state index contributed by atoms with van der Waals surface area (Å²) < 4.78 is 19.9. The van der Waals surface area contributed by atoms with Gasteiger partial charge in [-0.3, -0.25) is 4.79 Å². The van der Waals surface area contributed by atoms with Crippen LogP contribution in [0.4, 0.5) is 20.6 Å². The summed E-state index contributed by atoms with van der Waals surface area (Å²) in [5.41, 5.74) is 0.394. The summed E-state index contributed by atoms with van der Waals surface area (Å²) >= 11 is 0. The third-order valence-corrected chi connectivity index (χ3v) is 4.10. The van der Waals surface area contributed by atoms with Gasteiger partial charge in [-0.25, -0.2) is 9.18 Å². The molecule has 0 radical (unpaired) electrons. The molecular weight excluding hydrogens is 349 g/mol. The monoisotopic (exact) mass is 379 g/mol. The third kappa shape index (κ3) is 6.41. The molecule has 0 saturated carbocycles. The minimum absolute atomic E-state index is 0.122. The van der Waals surface area contributed by atoms with Crippen LogP contribution < -0.4 is 10.2 Å². The van der Waals surface area contributed by atoms with Crippen LogP contribution in [0.5, 0.6) is 0 Å². The molecule has 1 aliphatic rings. The Morgan fingerprint density at radius 3 is 2.33 bits per heavy atom. The molecule has 0 unspecified atom stereocenters. The fourth-order valence-corrected chi connectivity index (χ4v) is 2.88. The van der Waals surface area contributed by atoms with E-state index in [1.54, 1.807) is 17.0 Å². The van der Waals surface area contributed by atoms with Gasteiger partial charge in [0.1, 0.15) is 11.4 Å². The molecule has 1 N–H and O–H groups in total. The fraction of sp³-hybridized carbons (Fsp3) is 0.600. The van der Waals surface area contributed by atoms with Crippen molar-refractivity contribution < 1.29 is 18.7 Å². The number of halogens is 1. The number of hydrogen-bond donors (Lipinski definition) is 1.